The Balaban J connectivity index is 1.25. The lowest BCUT2D eigenvalue weighted by atomic mass is 10.0. The number of rotatable bonds is 4. The van der Waals surface area contributed by atoms with Crippen molar-refractivity contribution in [1.82, 2.24) is 15.5 Å². The molecule has 5 rings (SSSR count). The van der Waals surface area contributed by atoms with E-state index in [1.54, 1.807) is 36.4 Å². The van der Waals surface area contributed by atoms with Crippen LogP contribution in [0.1, 0.15) is 45.5 Å². The fourth-order valence-corrected chi connectivity index (χ4v) is 4.41. The van der Waals surface area contributed by atoms with Crippen LogP contribution >= 0.6 is 0 Å². The third kappa shape index (κ3) is 3.90. The second-order valence-corrected chi connectivity index (χ2v) is 8.40. The molecule has 3 aliphatic rings. The lowest BCUT2D eigenvalue weighted by Gasteiger charge is -2.29. The van der Waals surface area contributed by atoms with Crippen molar-refractivity contribution in [2.24, 2.45) is 0 Å². The molecule has 0 radical (unpaired) electrons. The molecule has 170 valence electrons. The average Bonchev–Trinajstić information content (AvgIpc) is 3.17. The molecule has 2 N–H and O–H groups in total. The van der Waals surface area contributed by atoms with E-state index in [1.165, 1.54) is 4.90 Å². The predicted octanol–water partition coefficient (Wildman–Crippen LogP) is 1.41. The molecule has 4 amide bonds. The SMILES string of the molecule is N#Cc1ccc2c(c1)C=C(C(=O)NCc1ccc3c(c1)CN(C1CCC(=O)NC1=O)C3=O)CO2. The van der Waals surface area contributed by atoms with Crippen molar-refractivity contribution in [1.29, 1.82) is 5.26 Å². The fourth-order valence-electron chi connectivity index (χ4n) is 4.41. The Kier molecular flexibility index (Phi) is 5.34. The number of carbonyl (C=O) groups is 4. The van der Waals surface area contributed by atoms with E-state index >= 15 is 0 Å². The van der Waals surface area contributed by atoms with Crippen molar-refractivity contribution in [3.8, 4) is 11.8 Å². The van der Waals surface area contributed by atoms with Crippen molar-refractivity contribution < 1.29 is 23.9 Å². The summed E-state index contributed by atoms with van der Waals surface area (Å²) < 4.78 is 5.63. The number of hydrogen-bond acceptors (Lipinski definition) is 6. The highest BCUT2D eigenvalue weighted by molar-refractivity contribution is 6.05. The van der Waals surface area contributed by atoms with E-state index in [0.717, 1.165) is 11.1 Å². The van der Waals surface area contributed by atoms with Gasteiger partial charge in [0.2, 0.25) is 11.8 Å². The lowest BCUT2D eigenvalue weighted by Crippen LogP contribution is -2.52. The Hall–Kier alpha value is -4.45. The minimum atomic E-state index is -0.664. The van der Waals surface area contributed by atoms with Crippen molar-refractivity contribution in [2.45, 2.75) is 32.0 Å². The van der Waals surface area contributed by atoms with Crippen LogP contribution in [0, 0.1) is 11.3 Å². The number of piperidine rings is 1. The Morgan fingerprint density at radius 2 is 2.06 bits per heavy atom. The maximum Gasteiger partial charge on any atom is 0.255 e. The molecule has 0 saturated carbocycles. The molecular weight excluding hydrogens is 436 g/mol. The standard InChI is InChI=1S/C25H20N4O5/c26-10-14-2-5-21-16(7-14)9-18(13-34-21)23(31)27-11-15-1-3-19-17(8-15)12-29(25(19)33)20-4-6-22(30)28-24(20)32/h1-3,5,7-9,20H,4,6,11-13H2,(H,27,31)(H,28,30,32). The zero-order chi connectivity index (χ0) is 23.8. The van der Waals surface area contributed by atoms with Crippen LogP contribution in [0.25, 0.3) is 6.08 Å². The molecule has 0 aliphatic carbocycles. The third-order valence-corrected chi connectivity index (χ3v) is 6.18. The predicted molar refractivity (Wildman–Crippen MR) is 119 cm³/mol. The van der Waals surface area contributed by atoms with Crippen LogP contribution in [-0.2, 0) is 27.5 Å². The smallest absolute Gasteiger partial charge is 0.255 e. The van der Waals surface area contributed by atoms with Crippen LogP contribution in [0.3, 0.4) is 0 Å². The molecule has 1 atom stereocenters. The molecule has 0 bridgehead atoms. The van der Waals surface area contributed by atoms with Gasteiger partial charge in [0.05, 0.1) is 17.2 Å². The van der Waals surface area contributed by atoms with Gasteiger partial charge in [-0.2, -0.15) is 5.26 Å². The molecule has 3 heterocycles. The zero-order valence-electron chi connectivity index (χ0n) is 18.1. The van der Waals surface area contributed by atoms with Crippen LogP contribution < -0.4 is 15.4 Å². The highest BCUT2D eigenvalue weighted by atomic mass is 16.5. The van der Waals surface area contributed by atoms with Crippen molar-refractivity contribution in [3.05, 3.63) is 69.8 Å². The third-order valence-electron chi connectivity index (χ3n) is 6.18. The number of amides is 4. The molecule has 2 aromatic carbocycles. The van der Waals surface area contributed by atoms with Gasteiger partial charge in [-0.25, -0.2) is 0 Å². The molecule has 9 heteroatoms. The molecule has 0 spiro atoms. The summed E-state index contributed by atoms with van der Waals surface area (Å²) in [5.41, 5.74) is 3.73. The summed E-state index contributed by atoms with van der Waals surface area (Å²) in [6.45, 7) is 0.657. The van der Waals surface area contributed by atoms with Gasteiger partial charge in [-0.3, -0.25) is 24.5 Å². The first-order valence-corrected chi connectivity index (χ1v) is 10.8. The van der Waals surface area contributed by atoms with Crippen LogP contribution in [-0.4, -0.2) is 41.2 Å². The van der Waals surface area contributed by atoms with Gasteiger partial charge in [0, 0.05) is 30.6 Å². The van der Waals surface area contributed by atoms with Crippen LogP contribution in [0.15, 0.2) is 42.0 Å². The van der Waals surface area contributed by atoms with Crippen molar-refractivity contribution in [2.75, 3.05) is 6.61 Å². The molecule has 1 saturated heterocycles. The Morgan fingerprint density at radius 1 is 1.21 bits per heavy atom. The molecule has 3 aliphatic heterocycles. The summed E-state index contributed by atoms with van der Waals surface area (Å²) in [4.78, 5) is 50.6. The summed E-state index contributed by atoms with van der Waals surface area (Å²) in [6.07, 6.45) is 2.23. The molecule has 1 fully saturated rings. The van der Waals surface area contributed by atoms with Crippen molar-refractivity contribution >= 4 is 29.7 Å². The van der Waals surface area contributed by atoms with Gasteiger partial charge in [-0.1, -0.05) is 12.1 Å². The van der Waals surface area contributed by atoms with E-state index in [9.17, 15) is 19.2 Å². The van der Waals surface area contributed by atoms with Crippen LogP contribution in [0.2, 0.25) is 0 Å². The van der Waals surface area contributed by atoms with Gasteiger partial charge in [0.1, 0.15) is 18.4 Å². The van der Waals surface area contributed by atoms with E-state index in [0.29, 0.717) is 34.4 Å². The Bertz CT molecular complexity index is 1320. The number of benzene rings is 2. The lowest BCUT2D eigenvalue weighted by molar-refractivity contribution is -0.137. The number of nitrogens with zero attached hydrogens (tertiary/aromatic N) is 2. The van der Waals surface area contributed by atoms with Crippen LogP contribution in [0.4, 0.5) is 0 Å². The van der Waals surface area contributed by atoms with E-state index in [2.05, 4.69) is 16.7 Å². The average molecular weight is 456 g/mol. The molecule has 0 aromatic heterocycles. The number of carbonyl (C=O) groups excluding carboxylic acids is 4. The zero-order valence-corrected chi connectivity index (χ0v) is 18.1. The fraction of sp³-hybridized carbons (Fsp3) is 0.240. The first kappa shape index (κ1) is 21.4. The van der Waals surface area contributed by atoms with E-state index in [1.807, 2.05) is 6.07 Å². The van der Waals surface area contributed by atoms with E-state index in [-0.39, 0.29) is 43.8 Å². The van der Waals surface area contributed by atoms with Crippen LogP contribution in [0.5, 0.6) is 5.75 Å². The number of nitrogens with one attached hydrogen (secondary N) is 2. The quantitative estimate of drug-likeness (QED) is 0.670. The highest BCUT2D eigenvalue weighted by Gasteiger charge is 2.39. The van der Waals surface area contributed by atoms with Gasteiger partial charge < -0.3 is 15.0 Å². The second kappa shape index (κ2) is 8.48. The summed E-state index contributed by atoms with van der Waals surface area (Å²) in [6, 6.07) is 11.8. The molecule has 1 unspecified atom stereocenters. The summed E-state index contributed by atoms with van der Waals surface area (Å²) in [5, 5.41) is 14.2. The van der Waals surface area contributed by atoms with Gasteiger partial charge in [0.15, 0.2) is 0 Å². The number of fused-ring (bicyclic) bond motifs is 2. The molecular formula is C25H20N4O5. The van der Waals surface area contributed by atoms with E-state index < -0.39 is 11.9 Å². The monoisotopic (exact) mass is 456 g/mol. The van der Waals surface area contributed by atoms with Gasteiger partial charge in [0.25, 0.3) is 11.8 Å². The Morgan fingerprint density at radius 3 is 2.85 bits per heavy atom. The normalized spacial score (nSPS) is 18.8. The van der Waals surface area contributed by atoms with Gasteiger partial charge in [-0.15, -0.1) is 0 Å². The summed E-state index contributed by atoms with van der Waals surface area (Å²) >= 11 is 0. The minimum absolute atomic E-state index is 0.129. The van der Waals surface area contributed by atoms with E-state index in [4.69, 9.17) is 10.00 Å². The van der Waals surface area contributed by atoms with Crippen molar-refractivity contribution in [3.63, 3.8) is 0 Å². The largest absolute Gasteiger partial charge is 0.488 e. The number of hydrogen-bond donors (Lipinski definition) is 2. The molecule has 34 heavy (non-hydrogen) atoms. The first-order valence-electron chi connectivity index (χ1n) is 10.8. The molecule has 9 nitrogen and oxygen atoms in total. The number of nitriles is 1. The van der Waals surface area contributed by atoms with Gasteiger partial charge >= 0.3 is 0 Å². The summed E-state index contributed by atoms with van der Waals surface area (Å²) in [5.74, 6) is -0.665. The second-order valence-electron chi connectivity index (χ2n) is 8.40. The number of imide groups is 1. The minimum Gasteiger partial charge on any atom is -0.488 e. The summed E-state index contributed by atoms with van der Waals surface area (Å²) in [7, 11) is 0. The van der Waals surface area contributed by atoms with Gasteiger partial charge in [-0.05, 0) is 47.9 Å². The highest BCUT2D eigenvalue weighted by Crippen LogP contribution is 2.29. The first-order chi connectivity index (χ1) is 16.4. The maximum absolute atomic E-state index is 12.8. The topological polar surface area (TPSA) is 129 Å². The maximum atomic E-state index is 12.8. The molecule has 2 aromatic rings. The number of ether oxygens (including phenoxy) is 1. The Labute approximate surface area is 195 Å².